The summed E-state index contributed by atoms with van der Waals surface area (Å²) in [5.41, 5.74) is 2.40. The van der Waals surface area contributed by atoms with Gasteiger partial charge in [-0.25, -0.2) is 0 Å². The molecule has 0 spiro atoms. The van der Waals surface area contributed by atoms with Crippen LogP contribution in [0.5, 0.6) is 0 Å². The lowest BCUT2D eigenvalue weighted by atomic mass is 10.0. The Morgan fingerprint density at radius 3 is 2.58 bits per heavy atom. The predicted octanol–water partition coefficient (Wildman–Crippen LogP) is 4.93. The van der Waals surface area contributed by atoms with Crippen LogP contribution >= 0.6 is 0 Å². The van der Waals surface area contributed by atoms with Crippen molar-refractivity contribution in [2.24, 2.45) is 0 Å². The van der Waals surface area contributed by atoms with Crippen molar-refractivity contribution in [1.29, 1.82) is 0 Å². The van der Waals surface area contributed by atoms with E-state index in [2.05, 4.69) is 26.0 Å². The fraction of sp³-hybridized carbons (Fsp3) is 0.190. The van der Waals surface area contributed by atoms with Gasteiger partial charge in [0.1, 0.15) is 11.5 Å². The molecule has 0 fully saturated rings. The molecule has 9 nitrogen and oxygen atoms in total. The summed E-state index contributed by atoms with van der Waals surface area (Å²) < 4.78 is 49.8. The predicted molar refractivity (Wildman–Crippen MR) is 108 cm³/mol. The Morgan fingerprint density at radius 2 is 1.91 bits per heavy atom. The highest BCUT2D eigenvalue weighted by molar-refractivity contribution is 6.03. The summed E-state index contributed by atoms with van der Waals surface area (Å²) >= 11 is 0. The third-order valence-electron chi connectivity index (χ3n) is 4.63. The molecule has 3 aromatic heterocycles. The number of aromatic nitrogens is 4. The number of carbonyl (C=O) groups is 1. The number of anilines is 1. The second-order valence-electron chi connectivity index (χ2n) is 7.10. The van der Waals surface area contributed by atoms with Gasteiger partial charge in [-0.1, -0.05) is 29.4 Å². The number of urea groups is 1. The van der Waals surface area contributed by atoms with Gasteiger partial charge in [0, 0.05) is 17.3 Å². The van der Waals surface area contributed by atoms with Crippen LogP contribution in [0.1, 0.15) is 22.7 Å². The first-order chi connectivity index (χ1) is 15.7. The highest BCUT2D eigenvalue weighted by Crippen LogP contribution is 2.29. The molecule has 0 aliphatic rings. The van der Waals surface area contributed by atoms with E-state index in [1.165, 1.54) is 16.9 Å². The van der Waals surface area contributed by atoms with E-state index in [1.54, 1.807) is 0 Å². The first kappa shape index (κ1) is 22.0. The number of rotatable bonds is 5. The van der Waals surface area contributed by atoms with E-state index in [-0.39, 0.29) is 11.6 Å². The molecule has 4 aromatic rings. The average molecular weight is 458 g/mol. The van der Waals surface area contributed by atoms with Crippen molar-refractivity contribution < 1.29 is 31.7 Å². The maximum atomic E-state index is 12.7. The van der Waals surface area contributed by atoms with Crippen molar-refractivity contribution >= 4 is 17.6 Å². The van der Waals surface area contributed by atoms with Crippen LogP contribution in [0, 0.1) is 13.8 Å². The number of alkyl halides is 3. The molecule has 4 rings (SSSR count). The Morgan fingerprint density at radius 1 is 1.15 bits per heavy atom. The standard InChI is InChI=1S/C21H17F3N6O3/c1-12-19(13(2)32-28-12)15-5-3-14(4-6-15)10-30-11-18(33-29-30)27-20(31)26-16-7-8-25-17(9-16)21(22,23)24/h3-9,11H,10H2,1-2H3,(H-,25,26,27,29,31). The molecule has 12 heteroatoms. The molecule has 3 heterocycles. The van der Waals surface area contributed by atoms with E-state index in [1.807, 2.05) is 38.1 Å². The second kappa shape index (κ2) is 8.73. The van der Waals surface area contributed by atoms with Gasteiger partial charge in [0.05, 0.1) is 5.69 Å². The smallest absolute Gasteiger partial charge is 0.424 e. The van der Waals surface area contributed by atoms with Gasteiger partial charge < -0.3 is 19.7 Å². The molecular weight excluding hydrogens is 441 g/mol. The summed E-state index contributed by atoms with van der Waals surface area (Å²) in [4.78, 5) is 15.3. The zero-order chi connectivity index (χ0) is 23.6. The minimum absolute atomic E-state index is 0.100. The van der Waals surface area contributed by atoms with Crippen molar-refractivity contribution in [1.82, 2.24) is 15.4 Å². The molecule has 0 unspecified atom stereocenters. The first-order valence-electron chi connectivity index (χ1n) is 9.63. The van der Waals surface area contributed by atoms with Crippen LogP contribution < -0.4 is 10.00 Å². The molecule has 2 amide bonds. The van der Waals surface area contributed by atoms with Crippen molar-refractivity contribution in [3.05, 3.63) is 76.8 Å². The first-order valence-corrected chi connectivity index (χ1v) is 9.63. The molecule has 0 aliphatic heterocycles. The van der Waals surface area contributed by atoms with Crippen LogP contribution in [0.15, 0.2) is 57.8 Å². The van der Waals surface area contributed by atoms with Crippen LogP contribution in [0.3, 0.4) is 0 Å². The van der Waals surface area contributed by atoms with Crippen molar-refractivity contribution in [3.63, 3.8) is 0 Å². The molecule has 33 heavy (non-hydrogen) atoms. The third kappa shape index (κ3) is 5.17. The Kier molecular flexibility index (Phi) is 5.82. The zero-order valence-electron chi connectivity index (χ0n) is 17.4. The van der Waals surface area contributed by atoms with Gasteiger partial charge in [-0.05, 0) is 41.9 Å². The molecule has 0 saturated heterocycles. The normalized spacial score (nSPS) is 11.4. The van der Waals surface area contributed by atoms with Gasteiger partial charge >= 0.3 is 6.18 Å². The summed E-state index contributed by atoms with van der Waals surface area (Å²) in [5, 5.41) is 13.6. The Bertz CT molecular complexity index is 1260. The number of pyridine rings is 1. The number of halogens is 3. The number of amides is 2. The van der Waals surface area contributed by atoms with Gasteiger partial charge in [0.2, 0.25) is 18.6 Å². The maximum absolute atomic E-state index is 12.7. The number of benzene rings is 1. The summed E-state index contributed by atoms with van der Waals surface area (Å²) in [5.74, 6) is 0.627. The van der Waals surface area contributed by atoms with E-state index in [0.29, 0.717) is 12.6 Å². The quantitative estimate of drug-likeness (QED) is 0.424. The lowest BCUT2D eigenvalue weighted by molar-refractivity contribution is -0.754. The van der Waals surface area contributed by atoms with Crippen LogP contribution in [0.2, 0.25) is 0 Å². The van der Waals surface area contributed by atoms with Crippen LogP contribution in [-0.4, -0.2) is 21.4 Å². The highest BCUT2D eigenvalue weighted by atomic mass is 19.4. The Labute approximate surface area is 185 Å². The second-order valence-corrected chi connectivity index (χ2v) is 7.10. The van der Waals surface area contributed by atoms with Gasteiger partial charge in [-0.2, -0.15) is 13.2 Å². The molecule has 0 radical (unpaired) electrons. The monoisotopic (exact) mass is 458 g/mol. The maximum Gasteiger partial charge on any atom is 0.433 e. The van der Waals surface area contributed by atoms with Gasteiger partial charge in [-0.3, -0.25) is 9.78 Å². The van der Waals surface area contributed by atoms with Crippen LogP contribution in [0.4, 0.5) is 29.5 Å². The van der Waals surface area contributed by atoms with Gasteiger partial charge in [-0.15, -0.1) is 0 Å². The number of carbonyl (C=O) groups excluding carboxylic acids is 1. The topological polar surface area (TPSA) is 112 Å². The highest BCUT2D eigenvalue weighted by Gasteiger charge is 2.32. The van der Waals surface area contributed by atoms with E-state index in [9.17, 15) is 18.0 Å². The summed E-state index contributed by atoms with van der Waals surface area (Å²) in [6, 6.07) is 8.70. The van der Waals surface area contributed by atoms with Crippen LogP contribution in [0.25, 0.3) is 16.4 Å². The number of nitrogens with zero attached hydrogens (tertiary/aromatic N) is 5. The average Bonchev–Trinajstić information content (AvgIpc) is 3.33. The molecule has 0 atom stereocenters. The number of hydrogen-bond donors (Lipinski definition) is 1. The van der Waals surface area contributed by atoms with E-state index < -0.39 is 17.9 Å². The molecule has 0 bridgehead atoms. The van der Waals surface area contributed by atoms with Crippen molar-refractivity contribution in [3.8, 4) is 11.1 Å². The number of hydrogen-bond acceptors (Lipinski definition) is 6. The zero-order valence-corrected chi connectivity index (χ0v) is 17.4. The molecule has 1 N–H and O–H groups in total. The van der Waals surface area contributed by atoms with Gasteiger partial charge in [0.25, 0.3) is 0 Å². The summed E-state index contributed by atoms with van der Waals surface area (Å²) in [7, 11) is 0. The van der Waals surface area contributed by atoms with E-state index in [0.717, 1.165) is 34.3 Å². The lowest BCUT2D eigenvalue weighted by Gasteiger charge is -2.14. The van der Waals surface area contributed by atoms with Gasteiger partial charge in [0.15, 0.2) is 11.3 Å². The molecule has 0 aliphatic carbocycles. The molecule has 170 valence electrons. The fourth-order valence-electron chi connectivity index (χ4n) is 3.17. The molecule has 0 saturated carbocycles. The molecule has 1 aromatic carbocycles. The largest absolute Gasteiger partial charge is 0.433 e. The minimum atomic E-state index is -4.63. The summed E-state index contributed by atoms with van der Waals surface area (Å²) in [6.07, 6.45) is -2.28. The number of aryl methyl sites for hydroxylation is 2. The fourth-order valence-corrected chi connectivity index (χ4v) is 3.17. The van der Waals surface area contributed by atoms with Crippen LogP contribution in [-0.2, 0) is 12.7 Å². The number of nitrogens with one attached hydrogen (secondary N) is 1. The van der Waals surface area contributed by atoms with E-state index in [4.69, 9.17) is 9.05 Å². The lowest BCUT2D eigenvalue weighted by Crippen LogP contribution is -2.35. The third-order valence-corrected chi connectivity index (χ3v) is 4.63. The van der Waals surface area contributed by atoms with E-state index >= 15 is 0 Å². The summed E-state index contributed by atoms with van der Waals surface area (Å²) in [6.45, 7) is 4.07. The Hall–Kier alpha value is -4.22. The Balaban J connectivity index is 1.37. The van der Waals surface area contributed by atoms with Crippen molar-refractivity contribution in [2.75, 3.05) is 5.32 Å². The molecular formula is C21H17F3N6O3. The SMILES string of the molecule is Cc1noc(C)c1-c1ccc(C[n+]2cc([N-]C(=O)Nc3ccnc(C(F)(F)F)c3)on2)cc1. The van der Waals surface area contributed by atoms with Crippen molar-refractivity contribution in [2.45, 2.75) is 26.6 Å². The minimum Gasteiger partial charge on any atom is -0.424 e.